The second-order valence-corrected chi connectivity index (χ2v) is 10.7. The van der Waals surface area contributed by atoms with Gasteiger partial charge >= 0.3 is 6.18 Å². The Morgan fingerprint density at radius 1 is 0.895 bits per heavy atom. The number of nitrogens with zero attached hydrogens (tertiary/aromatic N) is 3. The summed E-state index contributed by atoms with van der Waals surface area (Å²) >= 11 is 0. The van der Waals surface area contributed by atoms with E-state index in [0.29, 0.717) is 33.9 Å². The molecule has 196 valence electrons. The lowest BCUT2D eigenvalue weighted by molar-refractivity contribution is -0.137. The van der Waals surface area contributed by atoms with E-state index in [0.717, 1.165) is 22.5 Å². The second kappa shape index (κ2) is 9.69. The number of rotatable bonds is 4. The van der Waals surface area contributed by atoms with Gasteiger partial charge in [-0.1, -0.05) is 30.3 Å². The van der Waals surface area contributed by atoms with E-state index in [4.69, 9.17) is 0 Å². The van der Waals surface area contributed by atoms with E-state index in [1.54, 1.807) is 48.5 Å². The molecule has 38 heavy (non-hydrogen) atoms. The molecule has 12 heteroatoms. The molecule has 1 saturated heterocycles. The van der Waals surface area contributed by atoms with Gasteiger partial charge in [0.15, 0.2) is 0 Å². The number of H-pyrrole nitrogens is 1. The second-order valence-electron chi connectivity index (χ2n) is 8.73. The van der Waals surface area contributed by atoms with Crippen LogP contribution in [0.25, 0.3) is 22.3 Å². The van der Waals surface area contributed by atoms with Gasteiger partial charge in [0.1, 0.15) is 5.82 Å². The summed E-state index contributed by atoms with van der Waals surface area (Å²) in [7, 11) is -4.15. The molecule has 1 N–H and O–H groups in total. The number of carbonyl (C=O) groups is 1. The van der Waals surface area contributed by atoms with Crippen LogP contribution in [0.3, 0.4) is 0 Å². The summed E-state index contributed by atoms with van der Waals surface area (Å²) in [5.74, 6) is 0.0498. The summed E-state index contributed by atoms with van der Waals surface area (Å²) < 4.78 is 66.0. The molecule has 0 saturated carbocycles. The molecule has 1 aromatic heterocycles. The van der Waals surface area contributed by atoms with Crippen molar-refractivity contribution in [1.82, 2.24) is 19.2 Å². The highest BCUT2D eigenvalue weighted by Crippen LogP contribution is 2.31. The van der Waals surface area contributed by atoms with Gasteiger partial charge in [-0.2, -0.15) is 17.5 Å². The van der Waals surface area contributed by atoms with Crippen LogP contribution in [0.2, 0.25) is 0 Å². The van der Waals surface area contributed by atoms with Crippen molar-refractivity contribution in [3.8, 4) is 11.4 Å². The van der Waals surface area contributed by atoms with E-state index in [9.17, 15) is 31.2 Å². The van der Waals surface area contributed by atoms with Crippen LogP contribution < -0.4 is 5.56 Å². The molecule has 0 aliphatic carbocycles. The lowest BCUT2D eigenvalue weighted by Crippen LogP contribution is -2.50. The summed E-state index contributed by atoms with van der Waals surface area (Å²) in [4.78, 5) is 33.6. The Hall–Kier alpha value is -4.03. The number of alkyl halides is 3. The fraction of sp³-hybridized carbons (Fsp3) is 0.192. The van der Waals surface area contributed by atoms with Crippen LogP contribution in [-0.4, -0.2) is 59.7 Å². The van der Waals surface area contributed by atoms with Crippen LogP contribution in [0.5, 0.6) is 0 Å². The molecule has 1 aliphatic rings. The van der Waals surface area contributed by atoms with Crippen molar-refractivity contribution in [3.63, 3.8) is 0 Å². The molecule has 8 nitrogen and oxygen atoms in total. The lowest BCUT2D eigenvalue weighted by atomic mass is 10.1. The zero-order valence-electron chi connectivity index (χ0n) is 19.8. The predicted octanol–water partition coefficient (Wildman–Crippen LogP) is 3.76. The number of benzene rings is 3. The molecule has 0 radical (unpaired) electrons. The lowest BCUT2D eigenvalue weighted by Gasteiger charge is -2.34. The Morgan fingerprint density at radius 2 is 1.58 bits per heavy atom. The van der Waals surface area contributed by atoms with Gasteiger partial charge in [0, 0.05) is 37.3 Å². The van der Waals surface area contributed by atoms with Gasteiger partial charge in [-0.05, 0) is 42.5 Å². The first-order valence-corrected chi connectivity index (χ1v) is 13.0. The third kappa shape index (κ3) is 4.92. The minimum absolute atomic E-state index is 0.0509. The van der Waals surface area contributed by atoms with Crippen LogP contribution in [0, 0.1) is 0 Å². The molecule has 0 atom stereocenters. The summed E-state index contributed by atoms with van der Waals surface area (Å²) in [5.41, 5.74) is 0.208. The number of amides is 1. The standard InChI is InChI=1S/C26H21F3N4O4S/c27-26(28,29)19-4-3-5-20(16-19)38(36,37)33-14-12-32(13-15-33)25(35)18-10-8-17(9-11-18)23-30-22-7-2-1-6-21(22)24(34)31-23/h1-11,16H,12-15H2,(H,30,31,34). The molecular weight excluding hydrogens is 521 g/mol. The number of hydrogen-bond acceptors (Lipinski definition) is 5. The van der Waals surface area contributed by atoms with Gasteiger partial charge < -0.3 is 9.88 Å². The zero-order chi connectivity index (χ0) is 27.1. The van der Waals surface area contributed by atoms with Gasteiger partial charge in [-0.25, -0.2) is 13.4 Å². The van der Waals surface area contributed by atoms with E-state index in [1.807, 2.05) is 0 Å². The van der Waals surface area contributed by atoms with E-state index in [-0.39, 0.29) is 37.6 Å². The average molecular weight is 543 g/mol. The molecular formula is C26H21F3N4O4S. The summed E-state index contributed by atoms with van der Waals surface area (Å²) in [6.07, 6.45) is -4.66. The number of aromatic amines is 1. The van der Waals surface area contributed by atoms with Crippen molar-refractivity contribution in [3.05, 3.63) is 94.3 Å². The highest BCUT2D eigenvalue weighted by Gasteiger charge is 2.34. The third-order valence-electron chi connectivity index (χ3n) is 6.34. The normalized spacial score (nSPS) is 15.1. The van der Waals surface area contributed by atoms with Crippen LogP contribution in [0.1, 0.15) is 15.9 Å². The van der Waals surface area contributed by atoms with Crippen molar-refractivity contribution in [2.75, 3.05) is 26.2 Å². The van der Waals surface area contributed by atoms with Crippen LogP contribution in [0.15, 0.2) is 82.5 Å². The molecule has 2 heterocycles. The Balaban J connectivity index is 1.27. The molecule has 3 aromatic carbocycles. The number of aromatic nitrogens is 2. The Bertz CT molecular complexity index is 1680. The quantitative estimate of drug-likeness (QED) is 0.423. The number of fused-ring (bicyclic) bond motifs is 1. The van der Waals surface area contributed by atoms with Crippen molar-refractivity contribution in [2.24, 2.45) is 0 Å². The molecule has 0 spiro atoms. The Labute approximate surface area is 215 Å². The fourth-order valence-electron chi connectivity index (χ4n) is 4.29. The highest BCUT2D eigenvalue weighted by molar-refractivity contribution is 7.89. The summed E-state index contributed by atoms with van der Waals surface area (Å²) in [6, 6.07) is 17.1. The summed E-state index contributed by atoms with van der Waals surface area (Å²) in [5, 5.41) is 0.470. The molecule has 0 bridgehead atoms. The van der Waals surface area contributed by atoms with Crippen molar-refractivity contribution < 1.29 is 26.4 Å². The SMILES string of the molecule is O=C(c1ccc(-c2nc3ccccc3c(=O)[nH]2)cc1)N1CCN(S(=O)(=O)c2cccc(C(F)(F)F)c2)CC1. The van der Waals surface area contributed by atoms with E-state index in [2.05, 4.69) is 9.97 Å². The molecule has 1 fully saturated rings. The minimum Gasteiger partial charge on any atom is -0.336 e. The van der Waals surface area contributed by atoms with E-state index in [1.165, 1.54) is 4.90 Å². The monoisotopic (exact) mass is 542 g/mol. The first-order valence-electron chi connectivity index (χ1n) is 11.6. The van der Waals surface area contributed by atoms with Crippen molar-refractivity contribution in [2.45, 2.75) is 11.1 Å². The minimum atomic E-state index is -4.66. The highest BCUT2D eigenvalue weighted by atomic mass is 32.2. The van der Waals surface area contributed by atoms with Gasteiger partial charge in [0.05, 0.1) is 21.4 Å². The molecule has 1 amide bonds. The number of piperazine rings is 1. The topological polar surface area (TPSA) is 103 Å². The third-order valence-corrected chi connectivity index (χ3v) is 8.24. The van der Waals surface area contributed by atoms with Crippen molar-refractivity contribution in [1.29, 1.82) is 0 Å². The van der Waals surface area contributed by atoms with Crippen molar-refractivity contribution >= 4 is 26.8 Å². The first kappa shape index (κ1) is 25.6. The maximum atomic E-state index is 13.0. The maximum Gasteiger partial charge on any atom is 0.416 e. The first-order chi connectivity index (χ1) is 18.0. The maximum absolute atomic E-state index is 13.0. The van der Waals surface area contributed by atoms with Crippen LogP contribution in [0.4, 0.5) is 13.2 Å². The van der Waals surface area contributed by atoms with Gasteiger partial charge in [-0.15, -0.1) is 0 Å². The zero-order valence-corrected chi connectivity index (χ0v) is 20.6. The van der Waals surface area contributed by atoms with Gasteiger partial charge in [-0.3, -0.25) is 9.59 Å². The van der Waals surface area contributed by atoms with E-state index >= 15 is 0 Å². The molecule has 4 aromatic rings. The Morgan fingerprint density at radius 3 is 2.26 bits per heavy atom. The van der Waals surface area contributed by atoms with Gasteiger partial charge in [0.25, 0.3) is 11.5 Å². The molecule has 5 rings (SSSR count). The average Bonchev–Trinajstić information content (AvgIpc) is 2.92. The number of para-hydroxylation sites is 1. The number of hydrogen-bond donors (Lipinski definition) is 1. The van der Waals surface area contributed by atoms with Gasteiger partial charge in [0.2, 0.25) is 10.0 Å². The molecule has 1 aliphatic heterocycles. The predicted molar refractivity (Wildman–Crippen MR) is 134 cm³/mol. The fourth-order valence-corrected chi connectivity index (χ4v) is 5.76. The summed E-state index contributed by atoms with van der Waals surface area (Å²) in [6.45, 7) is 0.0615. The smallest absolute Gasteiger partial charge is 0.336 e. The molecule has 0 unspecified atom stereocenters. The Kier molecular flexibility index (Phi) is 6.53. The number of nitrogens with one attached hydrogen (secondary N) is 1. The number of sulfonamides is 1. The number of halogens is 3. The van der Waals surface area contributed by atoms with E-state index < -0.39 is 26.7 Å². The largest absolute Gasteiger partial charge is 0.416 e. The van der Waals surface area contributed by atoms with Crippen LogP contribution >= 0.6 is 0 Å². The van der Waals surface area contributed by atoms with Crippen LogP contribution in [-0.2, 0) is 16.2 Å². The number of carbonyl (C=O) groups excluding carboxylic acids is 1.